The summed E-state index contributed by atoms with van der Waals surface area (Å²) < 4.78 is 30.6. The highest BCUT2D eigenvalue weighted by atomic mass is 35.5. The molecule has 1 amide bonds. The number of alkyl halides is 2. The molecule has 0 radical (unpaired) electrons. The maximum absolute atomic E-state index is 13.1. The van der Waals surface area contributed by atoms with E-state index in [9.17, 15) is 13.6 Å². The average Bonchev–Trinajstić information content (AvgIpc) is 2.49. The second-order valence-electron chi connectivity index (χ2n) is 4.27. The summed E-state index contributed by atoms with van der Waals surface area (Å²) in [5, 5.41) is 5.00. The summed E-state index contributed by atoms with van der Waals surface area (Å²) in [6.45, 7) is 0. The van der Waals surface area contributed by atoms with Crippen LogP contribution < -0.4 is 20.2 Å². The summed E-state index contributed by atoms with van der Waals surface area (Å²) in [6.07, 6.45) is -2.40. The minimum atomic E-state index is -3.88. The summed E-state index contributed by atoms with van der Waals surface area (Å²) >= 11 is 5.40. The van der Waals surface area contributed by atoms with Crippen LogP contribution in [0.2, 0.25) is 0 Å². The number of carbonyl (C=O) groups excluding carboxylic acids is 1. The largest absolute Gasteiger partial charge is 0.482 e. The minimum Gasteiger partial charge on any atom is -0.423 e. The summed E-state index contributed by atoms with van der Waals surface area (Å²) in [5.74, 6) is -1.03. The van der Waals surface area contributed by atoms with Crippen molar-refractivity contribution < 1.29 is 18.3 Å². The Bertz CT molecular complexity index is 743. The number of nitrogens with one attached hydrogen (secondary N) is 3. The molecular weight excluding hydrogens is 320 g/mol. The molecule has 10 heteroatoms. The molecule has 2 heterocycles. The lowest BCUT2D eigenvalue weighted by molar-refractivity contribution is -0.189. The van der Waals surface area contributed by atoms with Gasteiger partial charge in [-0.1, -0.05) is 0 Å². The Morgan fingerprint density at radius 2 is 2.14 bits per heavy atom. The summed E-state index contributed by atoms with van der Waals surface area (Å²) in [4.78, 5) is 21.3. The zero-order valence-electron chi connectivity index (χ0n) is 10.7. The molecule has 1 aromatic heterocycles. The van der Waals surface area contributed by atoms with E-state index in [-0.39, 0.29) is 17.4 Å². The van der Waals surface area contributed by atoms with Crippen LogP contribution in [0.4, 0.5) is 31.9 Å². The van der Waals surface area contributed by atoms with Crippen molar-refractivity contribution in [3.63, 3.8) is 0 Å². The number of benzene rings is 1. The second kappa shape index (κ2) is 5.26. The molecule has 0 saturated carbocycles. The first-order valence-electron chi connectivity index (χ1n) is 5.97. The van der Waals surface area contributed by atoms with Crippen molar-refractivity contribution in [2.45, 2.75) is 6.11 Å². The maximum Gasteiger partial charge on any atom is 0.482 e. The van der Waals surface area contributed by atoms with Crippen molar-refractivity contribution in [3.05, 3.63) is 30.5 Å². The highest BCUT2D eigenvalue weighted by Gasteiger charge is 2.46. The Hall–Kier alpha value is -2.68. The van der Waals surface area contributed by atoms with Gasteiger partial charge >= 0.3 is 12.0 Å². The summed E-state index contributed by atoms with van der Waals surface area (Å²) in [6, 6.07) is 5.84. The van der Waals surface area contributed by atoms with E-state index in [0.717, 1.165) is 0 Å². The first-order chi connectivity index (χ1) is 10.5. The van der Waals surface area contributed by atoms with Gasteiger partial charge in [-0.05, 0) is 24.3 Å². The van der Waals surface area contributed by atoms with E-state index in [1.807, 2.05) is 0 Å². The molecule has 114 valence electrons. The number of aromatic nitrogens is 2. The molecule has 0 bridgehead atoms. The van der Waals surface area contributed by atoms with Crippen molar-refractivity contribution in [2.24, 2.45) is 0 Å². The monoisotopic (exact) mass is 327 g/mol. The van der Waals surface area contributed by atoms with Crippen molar-refractivity contribution in [3.8, 4) is 5.75 Å². The third-order valence-corrected chi connectivity index (χ3v) is 2.91. The second-order valence-corrected chi connectivity index (χ2v) is 4.46. The van der Waals surface area contributed by atoms with Crippen LogP contribution in [0.15, 0.2) is 30.5 Å². The van der Waals surface area contributed by atoms with Gasteiger partial charge in [0, 0.05) is 23.7 Å². The van der Waals surface area contributed by atoms with Crippen molar-refractivity contribution in [2.75, 3.05) is 15.5 Å². The fraction of sp³-hybridized carbons (Fsp3) is 0.0833. The lowest BCUT2D eigenvalue weighted by Crippen LogP contribution is -2.43. The first kappa shape index (κ1) is 14.3. The Labute approximate surface area is 127 Å². The quantitative estimate of drug-likeness (QED) is 0.751. The van der Waals surface area contributed by atoms with E-state index >= 15 is 0 Å². The molecule has 3 N–H and O–H groups in total. The van der Waals surface area contributed by atoms with E-state index < -0.39 is 12.0 Å². The highest BCUT2D eigenvalue weighted by molar-refractivity contribution is 6.23. The van der Waals surface area contributed by atoms with E-state index in [1.165, 1.54) is 24.4 Å². The fourth-order valence-corrected chi connectivity index (χ4v) is 1.89. The maximum atomic E-state index is 13.1. The molecule has 0 spiro atoms. The van der Waals surface area contributed by atoms with Gasteiger partial charge in [-0.3, -0.25) is 9.63 Å². The van der Waals surface area contributed by atoms with Crippen LogP contribution in [0.1, 0.15) is 0 Å². The van der Waals surface area contributed by atoms with Gasteiger partial charge in [0.05, 0.1) is 5.69 Å². The molecule has 0 fully saturated rings. The zero-order valence-corrected chi connectivity index (χ0v) is 11.5. The molecule has 1 aliphatic rings. The number of hydrogen-bond acceptors (Lipinski definition) is 6. The normalized spacial score (nSPS) is 15.3. The number of nitrogens with zero attached hydrogens (tertiary/aromatic N) is 2. The Balaban J connectivity index is 1.85. The topological polar surface area (TPSA) is 88.2 Å². The molecule has 1 aromatic carbocycles. The number of carbonyl (C=O) groups is 1. The van der Waals surface area contributed by atoms with Crippen LogP contribution in [-0.4, -0.2) is 22.0 Å². The Kier molecular flexibility index (Phi) is 3.41. The predicted molar refractivity (Wildman–Crippen MR) is 75.4 cm³/mol. The average molecular weight is 328 g/mol. The SMILES string of the molecule is O=C1Nc2cc(Nc3ccnc(NCl)n3)ccc2OC1(F)F. The molecule has 0 atom stereocenters. The van der Waals surface area contributed by atoms with E-state index in [0.29, 0.717) is 11.5 Å². The molecule has 3 rings (SSSR count). The van der Waals surface area contributed by atoms with Gasteiger partial charge in [0.1, 0.15) is 5.82 Å². The van der Waals surface area contributed by atoms with Gasteiger partial charge in [-0.25, -0.2) is 4.98 Å². The van der Waals surface area contributed by atoms with Crippen LogP contribution in [-0.2, 0) is 4.79 Å². The number of ether oxygens (including phenoxy) is 1. The van der Waals surface area contributed by atoms with Gasteiger partial charge < -0.3 is 15.4 Å². The number of anilines is 4. The standard InChI is InChI=1S/C12H8ClF2N5O2/c13-20-11-16-4-3-9(19-11)17-6-1-2-8-7(5-6)18-10(21)12(14,15)22-8/h1-5H,(H,18,21)(H2,16,17,19,20). The first-order valence-corrected chi connectivity index (χ1v) is 6.35. The molecule has 2 aromatic rings. The number of amides is 1. The Morgan fingerprint density at radius 3 is 2.91 bits per heavy atom. The van der Waals surface area contributed by atoms with Gasteiger partial charge in [-0.2, -0.15) is 13.8 Å². The van der Waals surface area contributed by atoms with E-state index in [4.69, 9.17) is 11.8 Å². The zero-order chi connectivity index (χ0) is 15.7. The van der Waals surface area contributed by atoms with Crippen LogP contribution in [0.5, 0.6) is 5.75 Å². The van der Waals surface area contributed by atoms with Gasteiger partial charge in [0.25, 0.3) is 0 Å². The molecule has 1 aliphatic heterocycles. The van der Waals surface area contributed by atoms with Crippen LogP contribution >= 0.6 is 11.8 Å². The summed E-state index contributed by atoms with van der Waals surface area (Å²) in [7, 11) is 0. The van der Waals surface area contributed by atoms with Crippen LogP contribution in [0.25, 0.3) is 0 Å². The van der Waals surface area contributed by atoms with Gasteiger partial charge in [0.15, 0.2) is 5.75 Å². The molecule has 0 aliphatic carbocycles. The van der Waals surface area contributed by atoms with Gasteiger partial charge in [0.2, 0.25) is 5.95 Å². The molecule has 0 unspecified atom stereocenters. The smallest absolute Gasteiger partial charge is 0.423 e. The van der Waals surface area contributed by atoms with Crippen molar-refractivity contribution in [1.82, 2.24) is 9.97 Å². The lowest BCUT2D eigenvalue weighted by Gasteiger charge is -2.25. The number of rotatable bonds is 3. The van der Waals surface area contributed by atoms with Crippen molar-refractivity contribution in [1.29, 1.82) is 0 Å². The Morgan fingerprint density at radius 1 is 1.32 bits per heavy atom. The third kappa shape index (κ3) is 2.70. The van der Waals surface area contributed by atoms with E-state index in [1.54, 1.807) is 6.07 Å². The number of hydrogen-bond donors (Lipinski definition) is 3. The fourth-order valence-electron chi connectivity index (χ4n) is 1.80. The van der Waals surface area contributed by atoms with E-state index in [2.05, 4.69) is 30.2 Å². The molecule has 0 saturated heterocycles. The lowest BCUT2D eigenvalue weighted by atomic mass is 10.2. The van der Waals surface area contributed by atoms with Gasteiger partial charge in [-0.15, -0.1) is 0 Å². The molecule has 7 nitrogen and oxygen atoms in total. The van der Waals surface area contributed by atoms with Crippen LogP contribution in [0.3, 0.4) is 0 Å². The predicted octanol–water partition coefficient (Wildman–Crippen LogP) is 2.71. The van der Waals surface area contributed by atoms with Crippen molar-refractivity contribution >= 4 is 40.8 Å². The number of halogens is 3. The number of fused-ring (bicyclic) bond motifs is 1. The van der Waals surface area contributed by atoms with Crippen LogP contribution in [0, 0.1) is 0 Å². The third-order valence-electron chi connectivity index (χ3n) is 2.74. The minimum absolute atomic E-state index is 0.124. The molecule has 22 heavy (non-hydrogen) atoms. The highest BCUT2D eigenvalue weighted by Crippen LogP contribution is 2.37. The summed E-state index contributed by atoms with van der Waals surface area (Å²) in [5.41, 5.74) is 0.637. The molecular formula is C12H8ClF2N5O2.